The molecular weight excluding hydrogens is 404 g/mol. The van der Waals surface area contributed by atoms with Gasteiger partial charge in [0.05, 0.1) is 18.8 Å². The molecule has 25 heavy (non-hydrogen) atoms. The van der Waals surface area contributed by atoms with Crippen LogP contribution in [0.1, 0.15) is 23.0 Å². The van der Waals surface area contributed by atoms with Gasteiger partial charge < -0.3 is 4.74 Å². The number of carbonyl (C=O) groups excluding carboxylic acids is 1. The SMILES string of the molecule is CCOC(=O)c1cc(-c2ccc(Br)cc2)n(Cc2ccc(Cl)cc2)n1. The van der Waals surface area contributed by atoms with Gasteiger partial charge in [-0.3, -0.25) is 4.68 Å². The first-order chi connectivity index (χ1) is 12.1. The van der Waals surface area contributed by atoms with E-state index in [1.165, 1.54) is 0 Å². The summed E-state index contributed by atoms with van der Waals surface area (Å²) in [5, 5.41) is 5.13. The van der Waals surface area contributed by atoms with Crippen molar-refractivity contribution in [3.8, 4) is 11.3 Å². The van der Waals surface area contributed by atoms with E-state index in [0.717, 1.165) is 21.3 Å². The second-order valence-electron chi connectivity index (χ2n) is 5.43. The highest BCUT2D eigenvalue weighted by atomic mass is 79.9. The smallest absolute Gasteiger partial charge is 0.358 e. The lowest BCUT2D eigenvalue weighted by Gasteiger charge is -2.08. The topological polar surface area (TPSA) is 44.1 Å². The van der Waals surface area contributed by atoms with Gasteiger partial charge in [-0.1, -0.05) is 51.8 Å². The third-order valence-corrected chi connectivity index (χ3v) is 4.43. The molecule has 1 aromatic heterocycles. The minimum atomic E-state index is -0.421. The molecule has 0 saturated heterocycles. The van der Waals surface area contributed by atoms with E-state index >= 15 is 0 Å². The van der Waals surface area contributed by atoms with Gasteiger partial charge in [-0.2, -0.15) is 5.10 Å². The fraction of sp³-hybridized carbons (Fsp3) is 0.158. The summed E-state index contributed by atoms with van der Waals surface area (Å²) >= 11 is 9.39. The number of rotatable bonds is 5. The zero-order chi connectivity index (χ0) is 17.8. The lowest BCUT2D eigenvalue weighted by Crippen LogP contribution is -2.08. The summed E-state index contributed by atoms with van der Waals surface area (Å²) in [5.74, 6) is -0.421. The van der Waals surface area contributed by atoms with Crippen molar-refractivity contribution in [3.63, 3.8) is 0 Å². The predicted octanol–water partition coefficient (Wildman–Crippen LogP) is 5.19. The Bertz CT molecular complexity index is 873. The molecular formula is C19H16BrClN2O2. The molecule has 0 bridgehead atoms. The van der Waals surface area contributed by atoms with E-state index in [4.69, 9.17) is 16.3 Å². The van der Waals surface area contributed by atoms with Gasteiger partial charge in [0.25, 0.3) is 0 Å². The van der Waals surface area contributed by atoms with E-state index in [1.54, 1.807) is 17.7 Å². The van der Waals surface area contributed by atoms with Crippen LogP contribution < -0.4 is 0 Å². The summed E-state index contributed by atoms with van der Waals surface area (Å²) in [6, 6.07) is 17.2. The number of aromatic nitrogens is 2. The summed E-state index contributed by atoms with van der Waals surface area (Å²) in [5.41, 5.74) is 3.17. The molecule has 0 aliphatic heterocycles. The van der Waals surface area contributed by atoms with Gasteiger partial charge in [0, 0.05) is 9.50 Å². The first-order valence-corrected chi connectivity index (χ1v) is 8.99. The molecule has 3 rings (SSSR count). The Kier molecular flexibility index (Phi) is 5.56. The van der Waals surface area contributed by atoms with Crippen molar-refractivity contribution < 1.29 is 9.53 Å². The highest BCUT2D eigenvalue weighted by Crippen LogP contribution is 2.24. The van der Waals surface area contributed by atoms with Gasteiger partial charge in [-0.25, -0.2) is 4.79 Å². The molecule has 6 heteroatoms. The van der Waals surface area contributed by atoms with Crippen molar-refractivity contribution in [2.75, 3.05) is 6.61 Å². The summed E-state index contributed by atoms with van der Waals surface area (Å²) in [4.78, 5) is 12.1. The van der Waals surface area contributed by atoms with Crippen LogP contribution in [-0.2, 0) is 11.3 Å². The van der Waals surface area contributed by atoms with E-state index in [9.17, 15) is 4.79 Å². The Morgan fingerprint density at radius 1 is 1.16 bits per heavy atom. The molecule has 0 amide bonds. The molecule has 3 aromatic rings. The minimum absolute atomic E-state index is 0.300. The molecule has 0 aliphatic carbocycles. The van der Waals surface area contributed by atoms with Crippen molar-refractivity contribution in [1.29, 1.82) is 0 Å². The molecule has 1 heterocycles. The largest absolute Gasteiger partial charge is 0.461 e. The van der Waals surface area contributed by atoms with E-state index in [0.29, 0.717) is 23.9 Å². The van der Waals surface area contributed by atoms with Crippen LogP contribution in [0.3, 0.4) is 0 Å². The maximum atomic E-state index is 12.1. The minimum Gasteiger partial charge on any atom is -0.461 e. The number of carbonyl (C=O) groups is 1. The van der Waals surface area contributed by atoms with Gasteiger partial charge in [-0.15, -0.1) is 0 Å². The van der Waals surface area contributed by atoms with Crippen molar-refractivity contribution >= 4 is 33.5 Å². The molecule has 0 spiro atoms. The van der Waals surface area contributed by atoms with Crippen LogP contribution in [0.4, 0.5) is 0 Å². The lowest BCUT2D eigenvalue weighted by atomic mass is 10.1. The number of hydrogen-bond acceptors (Lipinski definition) is 3. The summed E-state index contributed by atoms with van der Waals surface area (Å²) in [7, 11) is 0. The van der Waals surface area contributed by atoms with E-state index < -0.39 is 5.97 Å². The van der Waals surface area contributed by atoms with Gasteiger partial charge >= 0.3 is 5.97 Å². The fourth-order valence-corrected chi connectivity index (χ4v) is 2.85. The summed E-state index contributed by atoms with van der Waals surface area (Å²) in [6.07, 6.45) is 0. The number of hydrogen-bond donors (Lipinski definition) is 0. The van der Waals surface area contributed by atoms with Crippen molar-refractivity contribution in [1.82, 2.24) is 9.78 Å². The molecule has 0 atom stereocenters. The molecule has 0 saturated carbocycles. The fourth-order valence-electron chi connectivity index (χ4n) is 2.46. The highest BCUT2D eigenvalue weighted by molar-refractivity contribution is 9.10. The van der Waals surface area contributed by atoms with Crippen LogP contribution in [0.15, 0.2) is 59.1 Å². The Labute approximate surface area is 159 Å². The molecule has 0 unspecified atom stereocenters. The Hall–Kier alpha value is -2.11. The van der Waals surface area contributed by atoms with Crippen molar-refractivity contribution in [3.05, 3.63) is 75.4 Å². The molecule has 0 radical (unpaired) electrons. The third-order valence-electron chi connectivity index (χ3n) is 3.65. The Morgan fingerprint density at radius 3 is 2.48 bits per heavy atom. The molecule has 0 N–H and O–H groups in total. The van der Waals surface area contributed by atoms with Crippen LogP contribution in [0.2, 0.25) is 5.02 Å². The zero-order valence-corrected chi connectivity index (χ0v) is 15.9. The van der Waals surface area contributed by atoms with Crippen molar-refractivity contribution in [2.45, 2.75) is 13.5 Å². The average Bonchev–Trinajstić information content (AvgIpc) is 3.02. The van der Waals surface area contributed by atoms with Gasteiger partial charge in [0.1, 0.15) is 0 Å². The third kappa shape index (κ3) is 4.30. The zero-order valence-electron chi connectivity index (χ0n) is 13.6. The summed E-state index contributed by atoms with van der Waals surface area (Å²) in [6.45, 7) is 2.62. The van der Waals surface area contributed by atoms with E-state index in [2.05, 4.69) is 21.0 Å². The van der Waals surface area contributed by atoms with Crippen LogP contribution in [0.5, 0.6) is 0 Å². The maximum absolute atomic E-state index is 12.1. The highest BCUT2D eigenvalue weighted by Gasteiger charge is 2.16. The van der Waals surface area contributed by atoms with Crippen LogP contribution in [0, 0.1) is 0 Å². The Balaban J connectivity index is 2.00. The molecule has 0 fully saturated rings. The number of esters is 1. The second kappa shape index (κ2) is 7.85. The monoisotopic (exact) mass is 418 g/mol. The number of nitrogens with zero attached hydrogens (tertiary/aromatic N) is 2. The lowest BCUT2D eigenvalue weighted by molar-refractivity contribution is 0.0518. The predicted molar refractivity (Wildman–Crippen MR) is 102 cm³/mol. The summed E-state index contributed by atoms with van der Waals surface area (Å²) < 4.78 is 7.87. The number of halogens is 2. The molecule has 4 nitrogen and oxygen atoms in total. The molecule has 128 valence electrons. The van der Waals surface area contributed by atoms with Gasteiger partial charge in [-0.05, 0) is 48.4 Å². The van der Waals surface area contributed by atoms with Crippen molar-refractivity contribution in [2.24, 2.45) is 0 Å². The van der Waals surface area contributed by atoms with E-state index in [1.807, 2.05) is 48.5 Å². The standard InChI is InChI=1S/C19H16BrClN2O2/c1-2-25-19(24)17-11-18(14-5-7-15(20)8-6-14)23(22-17)12-13-3-9-16(21)10-4-13/h3-11H,2,12H2,1H3. The van der Waals surface area contributed by atoms with Crippen LogP contribution in [0.25, 0.3) is 11.3 Å². The van der Waals surface area contributed by atoms with Crippen LogP contribution >= 0.6 is 27.5 Å². The van der Waals surface area contributed by atoms with Crippen LogP contribution in [-0.4, -0.2) is 22.4 Å². The second-order valence-corrected chi connectivity index (χ2v) is 6.78. The van der Waals surface area contributed by atoms with Gasteiger partial charge in [0.2, 0.25) is 0 Å². The Morgan fingerprint density at radius 2 is 1.84 bits per heavy atom. The average molecular weight is 420 g/mol. The molecule has 0 aliphatic rings. The quantitative estimate of drug-likeness (QED) is 0.535. The maximum Gasteiger partial charge on any atom is 0.358 e. The first-order valence-electron chi connectivity index (χ1n) is 7.82. The first kappa shape index (κ1) is 17.7. The molecule has 2 aromatic carbocycles. The van der Waals surface area contributed by atoms with Gasteiger partial charge in [0.15, 0.2) is 5.69 Å². The number of benzene rings is 2. The normalized spacial score (nSPS) is 10.7. The number of ether oxygens (including phenoxy) is 1. The van der Waals surface area contributed by atoms with E-state index in [-0.39, 0.29) is 0 Å².